The van der Waals surface area contributed by atoms with Crippen LogP contribution in [0.5, 0.6) is 0 Å². The maximum Gasteiger partial charge on any atom is 0.222 e. The first-order chi connectivity index (χ1) is 13.6. The third-order valence-corrected chi connectivity index (χ3v) is 4.84. The Bertz CT molecular complexity index is 1110. The molecule has 0 radical (unpaired) electrons. The number of carbonyl (C=O) groups is 1. The predicted molar refractivity (Wildman–Crippen MR) is 107 cm³/mol. The van der Waals surface area contributed by atoms with Crippen LogP contribution in [-0.4, -0.2) is 30.0 Å². The number of fused-ring (bicyclic) bond motifs is 1. The number of benzene rings is 1. The molecule has 142 valence electrons. The Morgan fingerprint density at radius 1 is 1.11 bits per heavy atom. The summed E-state index contributed by atoms with van der Waals surface area (Å²) in [6.45, 7) is 4.36. The molecule has 3 heterocycles. The van der Waals surface area contributed by atoms with Gasteiger partial charge in [-0.3, -0.25) is 9.36 Å². The standard InChI is InChI=1S/C21H22N6O/c1-15(26-11-10-22-16(26)2)12-20(28)24-13-17-6-5-9-23-21(17)27-14-25-18-7-3-4-8-19(18)27/h3-11,14-15H,12-13H2,1-2H3,(H,24,28)/t15-/m1/s1. The van der Waals surface area contributed by atoms with Crippen LogP contribution in [0.3, 0.4) is 0 Å². The monoisotopic (exact) mass is 374 g/mol. The minimum absolute atomic E-state index is 0.00843. The second-order valence-corrected chi connectivity index (χ2v) is 6.80. The van der Waals surface area contributed by atoms with Crippen LogP contribution in [0, 0.1) is 6.92 Å². The van der Waals surface area contributed by atoms with Crippen molar-refractivity contribution in [3.05, 3.63) is 72.7 Å². The van der Waals surface area contributed by atoms with Gasteiger partial charge in [0.1, 0.15) is 18.0 Å². The summed E-state index contributed by atoms with van der Waals surface area (Å²) < 4.78 is 3.96. The van der Waals surface area contributed by atoms with Gasteiger partial charge in [0.15, 0.2) is 0 Å². The number of rotatable bonds is 6. The smallest absolute Gasteiger partial charge is 0.222 e. The SMILES string of the molecule is Cc1nccn1[C@H](C)CC(=O)NCc1cccnc1-n1cnc2ccccc21. The Labute approximate surface area is 163 Å². The van der Waals surface area contributed by atoms with Crippen LogP contribution in [0.4, 0.5) is 0 Å². The highest BCUT2D eigenvalue weighted by Gasteiger charge is 2.14. The zero-order chi connectivity index (χ0) is 19.5. The van der Waals surface area contributed by atoms with E-state index in [2.05, 4.69) is 20.3 Å². The van der Waals surface area contributed by atoms with Crippen LogP contribution >= 0.6 is 0 Å². The number of pyridine rings is 1. The molecule has 0 unspecified atom stereocenters. The molecule has 0 bridgehead atoms. The van der Waals surface area contributed by atoms with E-state index < -0.39 is 0 Å². The van der Waals surface area contributed by atoms with E-state index in [-0.39, 0.29) is 11.9 Å². The molecule has 1 aromatic carbocycles. The number of nitrogens with one attached hydrogen (secondary N) is 1. The van der Waals surface area contributed by atoms with Crippen molar-refractivity contribution in [1.82, 2.24) is 29.4 Å². The number of para-hydroxylation sites is 2. The molecule has 1 amide bonds. The van der Waals surface area contributed by atoms with Gasteiger partial charge in [-0.1, -0.05) is 18.2 Å². The molecule has 0 saturated carbocycles. The van der Waals surface area contributed by atoms with E-state index in [4.69, 9.17) is 0 Å². The fourth-order valence-electron chi connectivity index (χ4n) is 3.40. The zero-order valence-electron chi connectivity index (χ0n) is 15.9. The Kier molecular flexibility index (Phi) is 4.89. The molecular weight excluding hydrogens is 352 g/mol. The summed E-state index contributed by atoms with van der Waals surface area (Å²) in [5, 5.41) is 3.02. The lowest BCUT2D eigenvalue weighted by molar-refractivity contribution is -0.121. The molecule has 0 spiro atoms. The van der Waals surface area contributed by atoms with Gasteiger partial charge >= 0.3 is 0 Å². The zero-order valence-corrected chi connectivity index (χ0v) is 15.9. The molecule has 0 aliphatic heterocycles. The van der Waals surface area contributed by atoms with Crippen LogP contribution < -0.4 is 5.32 Å². The normalized spacial score (nSPS) is 12.2. The highest BCUT2D eigenvalue weighted by molar-refractivity contribution is 5.78. The van der Waals surface area contributed by atoms with Gasteiger partial charge in [0.05, 0.1) is 11.0 Å². The summed E-state index contributed by atoms with van der Waals surface area (Å²) in [5.74, 6) is 1.67. The first-order valence-corrected chi connectivity index (χ1v) is 9.26. The number of hydrogen-bond acceptors (Lipinski definition) is 4. The molecule has 1 atom stereocenters. The molecule has 0 aliphatic carbocycles. The van der Waals surface area contributed by atoms with Crippen LogP contribution in [0.15, 0.2) is 61.3 Å². The van der Waals surface area contributed by atoms with Crippen molar-refractivity contribution in [3.63, 3.8) is 0 Å². The van der Waals surface area contributed by atoms with E-state index in [1.807, 2.05) is 65.6 Å². The van der Waals surface area contributed by atoms with Crippen molar-refractivity contribution in [2.75, 3.05) is 0 Å². The number of amides is 1. The average molecular weight is 374 g/mol. The summed E-state index contributed by atoms with van der Waals surface area (Å²) in [7, 11) is 0. The third-order valence-electron chi connectivity index (χ3n) is 4.84. The fourth-order valence-corrected chi connectivity index (χ4v) is 3.40. The lowest BCUT2D eigenvalue weighted by Crippen LogP contribution is -2.26. The quantitative estimate of drug-likeness (QED) is 0.562. The van der Waals surface area contributed by atoms with Crippen molar-refractivity contribution >= 4 is 16.9 Å². The lowest BCUT2D eigenvalue weighted by Gasteiger charge is -2.15. The highest BCUT2D eigenvalue weighted by Crippen LogP contribution is 2.19. The second kappa shape index (κ2) is 7.64. The van der Waals surface area contributed by atoms with E-state index in [0.29, 0.717) is 13.0 Å². The minimum Gasteiger partial charge on any atom is -0.352 e. The molecule has 0 fully saturated rings. The summed E-state index contributed by atoms with van der Waals surface area (Å²) in [5.41, 5.74) is 2.83. The van der Waals surface area contributed by atoms with Gasteiger partial charge in [-0.05, 0) is 32.0 Å². The number of hydrogen-bond donors (Lipinski definition) is 1. The second-order valence-electron chi connectivity index (χ2n) is 6.80. The number of imidazole rings is 2. The van der Waals surface area contributed by atoms with Crippen molar-refractivity contribution in [1.29, 1.82) is 0 Å². The van der Waals surface area contributed by atoms with E-state index >= 15 is 0 Å². The first-order valence-electron chi connectivity index (χ1n) is 9.26. The van der Waals surface area contributed by atoms with Gasteiger partial charge in [0, 0.05) is 43.2 Å². The maximum atomic E-state index is 12.5. The van der Waals surface area contributed by atoms with E-state index in [0.717, 1.165) is 28.2 Å². The molecule has 0 saturated heterocycles. The molecule has 7 heteroatoms. The van der Waals surface area contributed by atoms with Gasteiger partial charge in [0.25, 0.3) is 0 Å². The van der Waals surface area contributed by atoms with Crippen LogP contribution in [0.25, 0.3) is 16.9 Å². The summed E-state index contributed by atoms with van der Waals surface area (Å²) in [6.07, 6.45) is 7.56. The first kappa shape index (κ1) is 17.9. The lowest BCUT2D eigenvalue weighted by atomic mass is 10.2. The Hall–Kier alpha value is -3.48. The summed E-state index contributed by atoms with van der Waals surface area (Å²) in [4.78, 5) is 25.6. The number of carbonyl (C=O) groups excluding carboxylic acids is 1. The van der Waals surface area contributed by atoms with E-state index in [1.165, 1.54) is 0 Å². The Morgan fingerprint density at radius 2 is 1.96 bits per heavy atom. The van der Waals surface area contributed by atoms with Gasteiger partial charge in [-0.2, -0.15) is 0 Å². The van der Waals surface area contributed by atoms with Gasteiger partial charge in [-0.25, -0.2) is 15.0 Å². The average Bonchev–Trinajstić information content (AvgIpc) is 3.33. The van der Waals surface area contributed by atoms with Crippen molar-refractivity contribution < 1.29 is 4.79 Å². The van der Waals surface area contributed by atoms with Gasteiger partial charge in [0.2, 0.25) is 5.91 Å². The minimum atomic E-state index is -0.00843. The Balaban J connectivity index is 1.49. The molecule has 3 aromatic heterocycles. The highest BCUT2D eigenvalue weighted by atomic mass is 16.1. The summed E-state index contributed by atoms with van der Waals surface area (Å²) in [6, 6.07) is 11.8. The van der Waals surface area contributed by atoms with E-state index in [9.17, 15) is 4.79 Å². The number of aryl methyl sites for hydroxylation is 1. The van der Waals surface area contributed by atoms with Crippen LogP contribution in [-0.2, 0) is 11.3 Å². The third kappa shape index (κ3) is 3.51. The fraction of sp³-hybridized carbons (Fsp3) is 0.238. The van der Waals surface area contributed by atoms with Crippen molar-refractivity contribution in [3.8, 4) is 5.82 Å². The molecule has 1 N–H and O–H groups in total. The number of nitrogens with zero attached hydrogens (tertiary/aromatic N) is 5. The van der Waals surface area contributed by atoms with Crippen LogP contribution in [0.1, 0.15) is 30.8 Å². The Morgan fingerprint density at radius 3 is 2.79 bits per heavy atom. The van der Waals surface area contributed by atoms with E-state index in [1.54, 1.807) is 18.7 Å². The molecule has 28 heavy (non-hydrogen) atoms. The molecule has 4 aromatic rings. The van der Waals surface area contributed by atoms with Gasteiger partial charge < -0.3 is 9.88 Å². The topological polar surface area (TPSA) is 77.6 Å². The van der Waals surface area contributed by atoms with Crippen molar-refractivity contribution in [2.45, 2.75) is 32.9 Å². The van der Waals surface area contributed by atoms with Gasteiger partial charge in [-0.15, -0.1) is 0 Å². The van der Waals surface area contributed by atoms with Crippen molar-refractivity contribution in [2.24, 2.45) is 0 Å². The molecular formula is C21H22N6O. The van der Waals surface area contributed by atoms with Crippen LogP contribution in [0.2, 0.25) is 0 Å². The maximum absolute atomic E-state index is 12.5. The summed E-state index contributed by atoms with van der Waals surface area (Å²) >= 11 is 0. The molecule has 4 rings (SSSR count). The molecule has 0 aliphatic rings. The predicted octanol–water partition coefficient (Wildman–Crippen LogP) is 3.19. The largest absolute Gasteiger partial charge is 0.352 e. The molecule has 7 nitrogen and oxygen atoms in total. The number of aromatic nitrogens is 5.